The summed E-state index contributed by atoms with van der Waals surface area (Å²) in [7, 11) is 1.54. The molecule has 1 N–H and O–H groups in total. The first-order chi connectivity index (χ1) is 9.70. The van der Waals surface area contributed by atoms with Crippen molar-refractivity contribution in [2.24, 2.45) is 0 Å². The molecule has 0 aliphatic carbocycles. The van der Waals surface area contributed by atoms with E-state index in [9.17, 15) is 9.90 Å². The Kier molecular flexibility index (Phi) is 2.91. The zero-order chi connectivity index (χ0) is 14.1. The summed E-state index contributed by atoms with van der Waals surface area (Å²) < 4.78 is 10.3. The fraction of sp³-hybridized carbons (Fsp3) is 0.0625. The second kappa shape index (κ2) is 4.74. The molecule has 4 nitrogen and oxygen atoms in total. The molecule has 0 bridgehead atoms. The van der Waals surface area contributed by atoms with Crippen molar-refractivity contribution < 1.29 is 19.1 Å². The lowest BCUT2D eigenvalue weighted by Crippen LogP contribution is -2.01. The van der Waals surface area contributed by atoms with Crippen LogP contribution in [0.1, 0.15) is 15.9 Å². The first-order valence-corrected chi connectivity index (χ1v) is 6.10. The van der Waals surface area contributed by atoms with E-state index in [2.05, 4.69) is 0 Å². The summed E-state index contributed by atoms with van der Waals surface area (Å²) in [4.78, 5) is 12.5. The van der Waals surface area contributed by atoms with Crippen LogP contribution in [-0.2, 0) is 0 Å². The molecule has 1 heterocycles. The monoisotopic (exact) mass is 268 g/mol. The Morgan fingerprint density at radius 2 is 1.95 bits per heavy atom. The molecule has 0 radical (unpaired) electrons. The van der Waals surface area contributed by atoms with E-state index in [0.29, 0.717) is 22.3 Å². The van der Waals surface area contributed by atoms with Gasteiger partial charge in [0.05, 0.1) is 7.11 Å². The van der Waals surface area contributed by atoms with Crippen molar-refractivity contribution in [3.8, 4) is 11.7 Å². The van der Waals surface area contributed by atoms with Crippen LogP contribution >= 0.6 is 0 Å². The number of furan rings is 1. The van der Waals surface area contributed by atoms with Gasteiger partial charge >= 0.3 is 0 Å². The molecule has 0 aliphatic rings. The number of aromatic hydroxyl groups is 1. The molecule has 0 aliphatic heterocycles. The molecule has 3 rings (SSSR count). The van der Waals surface area contributed by atoms with Crippen molar-refractivity contribution in [1.29, 1.82) is 0 Å². The van der Waals surface area contributed by atoms with Gasteiger partial charge in [-0.25, -0.2) is 0 Å². The van der Waals surface area contributed by atoms with E-state index in [0.717, 1.165) is 0 Å². The van der Waals surface area contributed by atoms with Gasteiger partial charge in [-0.15, -0.1) is 0 Å². The number of methoxy groups -OCH3 is 1. The van der Waals surface area contributed by atoms with Crippen molar-refractivity contribution in [2.75, 3.05) is 7.11 Å². The Morgan fingerprint density at radius 3 is 2.75 bits per heavy atom. The molecule has 0 unspecified atom stereocenters. The van der Waals surface area contributed by atoms with Crippen LogP contribution < -0.4 is 4.74 Å². The van der Waals surface area contributed by atoms with Crippen LogP contribution in [0.25, 0.3) is 11.0 Å². The molecule has 3 aromatic rings. The SMILES string of the molecule is COc1cccc(C(=O)c2c(O)oc3ccccc23)c1. The van der Waals surface area contributed by atoms with Gasteiger partial charge in [0.25, 0.3) is 5.95 Å². The van der Waals surface area contributed by atoms with Crippen LogP contribution in [0.2, 0.25) is 0 Å². The summed E-state index contributed by atoms with van der Waals surface area (Å²) in [5, 5.41) is 10.5. The van der Waals surface area contributed by atoms with Gasteiger partial charge in [0.15, 0.2) is 0 Å². The Bertz CT molecular complexity index is 786. The number of ether oxygens (including phenoxy) is 1. The van der Waals surface area contributed by atoms with Crippen LogP contribution in [0.4, 0.5) is 0 Å². The molecule has 2 aromatic carbocycles. The first kappa shape index (κ1) is 12.3. The van der Waals surface area contributed by atoms with E-state index in [1.807, 2.05) is 0 Å². The summed E-state index contributed by atoms with van der Waals surface area (Å²) in [5.74, 6) is -0.0755. The number of para-hydroxylation sites is 1. The number of hydrogen-bond donors (Lipinski definition) is 1. The summed E-state index contributed by atoms with van der Waals surface area (Å²) in [6.07, 6.45) is 0. The van der Waals surface area contributed by atoms with Crippen molar-refractivity contribution in [2.45, 2.75) is 0 Å². The standard InChI is InChI=1S/C16H12O4/c1-19-11-6-4-5-10(9-11)15(17)14-12-7-2-3-8-13(12)20-16(14)18/h2-9,18H,1H3. The minimum absolute atomic E-state index is 0.175. The predicted octanol–water partition coefficient (Wildman–Crippen LogP) is 3.38. The molecule has 0 fully saturated rings. The molecular weight excluding hydrogens is 256 g/mol. The third kappa shape index (κ3) is 1.91. The molecule has 0 atom stereocenters. The molecule has 20 heavy (non-hydrogen) atoms. The van der Waals surface area contributed by atoms with Crippen molar-refractivity contribution in [1.82, 2.24) is 0 Å². The average molecular weight is 268 g/mol. The second-order valence-corrected chi connectivity index (χ2v) is 4.34. The molecule has 0 amide bonds. The maximum atomic E-state index is 12.5. The Hall–Kier alpha value is -2.75. The zero-order valence-corrected chi connectivity index (χ0v) is 10.8. The van der Waals surface area contributed by atoms with Gasteiger partial charge in [-0.3, -0.25) is 4.79 Å². The maximum absolute atomic E-state index is 12.5. The quantitative estimate of drug-likeness (QED) is 0.740. The second-order valence-electron chi connectivity index (χ2n) is 4.34. The summed E-state index contributed by atoms with van der Waals surface area (Å²) in [6.45, 7) is 0. The molecule has 4 heteroatoms. The molecule has 0 spiro atoms. The summed E-state index contributed by atoms with van der Waals surface area (Å²) in [5.41, 5.74) is 1.09. The Labute approximate surface area is 115 Å². The molecule has 100 valence electrons. The van der Waals surface area contributed by atoms with Gasteiger partial charge < -0.3 is 14.3 Å². The number of ketones is 1. The summed E-state index contributed by atoms with van der Waals surface area (Å²) >= 11 is 0. The number of fused-ring (bicyclic) bond motifs is 1. The van der Waals surface area contributed by atoms with Crippen LogP contribution in [-0.4, -0.2) is 18.0 Å². The van der Waals surface area contributed by atoms with Crippen molar-refractivity contribution in [3.63, 3.8) is 0 Å². The van der Waals surface area contributed by atoms with Gasteiger partial charge in [-0.05, 0) is 18.2 Å². The lowest BCUT2D eigenvalue weighted by Gasteiger charge is -2.03. The predicted molar refractivity (Wildman–Crippen MR) is 74.3 cm³/mol. The lowest BCUT2D eigenvalue weighted by molar-refractivity contribution is 0.103. The summed E-state index contributed by atoms with van der Waals surface area (Å²) in [6, 6.07) is 13.8. The van der Waals surface area contributed by atoms with Crippen molar-refractivity contribution >= 4 is 16.8 Å². The topological polar surface area (TPSA) is 59.7 Å². The van der Waals surface area contributed by atoms with Crippen LogP contribution in [0.5, 0.6) is 11.7 Å². The van der Waals surface area contributed by atoms with Crippen LogP contribution in [0, 0.1) is 0 Å². The first-order valence-electron chi connectivity index (χ1n) is 6.10. The van der Waals surface area contributed by atoms with Crippen LogP contribution in [0.3, 0.4) is 0 Å². The maximum Gasteiger partial charge on any atom is 0.294 e. The van der Waals surface area contributed by atoms with E-state index in [4.69, 9.17) is 9.15 Å². The van der Waals surface area contributed by atoms with Gasteiger partial charge in [0, 0.05) is 10.9 Å². The molecule has 1 aromatic heterocycles. The minimum Gasteiger partial charge on any atom is -0.497 e. The highest BCUT2D eigenvalue weighted by Gasteiger charge is 2.21. The number of carbonyl (C=O) groups excluding carboxylic acids is 1. The highest BCUT2D eigenvalue weighted by atomic mass is 16.5. The van der Waals surface area contributed by atoms with Gasteiger partial charge in [0.2, 0.25) is 5.78 Å². The number of benzene rings is 2. The van der Waals surface area contributed by atoms with Crippen LogP contribution in [0.15, 0.2) is 52.9 Å². The van der Waals surface area contributed by atoms with E-state index in [-0.39, 0.29) is 17.3 Å². The minimum atomic E-state index is -0.362. The van der Waals surface area contributed by atoms with Gasteiger partial charge in [-0.1, -0.05) is 30.3 Å². The number of rotatable bonds is 3. The fourth-order valence-corrected chi connectivity index (χ4v) is 2.16. The van der Waals surface area contributed by atoms with E-state index in [1.54, 1.807) is 48.5 Å². The van der Waals surface area contributed by atoms with Crippen molar-refractivity contribution in [3.05, 3.63) is 59.7 Å². The Balaban J connectivity index is 2.14. The zero-order valence-electron chi connectivity index (χ0n) is 10.8. The van der Waals surface area contributed by atoms with E-state index < -0.39 is 0 Å². The highest BCUT2D eigenvalue weighted by molar-refractivity contribution is 6.17. The smallest absolute Gasteiger partial charge is 0.294 e. The fourth-order valence-electron chi connectivity index (χ4n) is 2.16. The van der Waals surface area contributed by atoms with E-state index >= 15 is 0 Å². The van der Waals surface area contributed by atoms with E-state index in [1.165, 1.54) is 7.11 Å². The number of carbonyl (C=O) groups is 1. The Morgan fingerprint density at radius 1 is 1.15 bits per heavy atom. The largest absolute Gasteiger partial charge is 0.497 e. The highest BCUT2D eigenvalue weighted by Crippen LogP contribution is 2.32. The third-order valence-corrected chi connectivity index (χ3v) is 3.14. The average Bonchev–Trinajstić information content (AvgIpc) is 2.82. The molecule has 0 saturated heterocycles. The number of hydrogen-bond acceptors (Lipinski definition) is 4. The molecule has 0 saturated carbocycles. The van der Waals surface area contributed by atoms with Gasteiger partial charge in [-0.2, -0.15) is 0 Å². The normalized spacial score (nSPS) is 10.7. The van der Waals surface area contributed by atoms with Gasteiger partial charge in [0.1, 0.15) is 16.9 Å². The lowest BCUT2D eigenvalue weighted by atomic mass is 10.0. The third-order valence-electron chi connectivity index (χ3n) is 3.14. The molecular formula is C16H12O4.